The van der Waals surface area contributed by atoms with Gasteiger partial charge in [0.05, 0.1) is 19.2 Å². The molecule has 3 heterocycles. The van der Waals surface area contributed by atoms with Crippen LogP contribution in [0.5, 0.6) is 5.75 Å². The molecule has 148 valence electrons. The molecule has 3 amide bonds. The summed E-state index contributed by atoms with van der Waals surface area (Å²) < 4.78 is 5.40. The molecule has 6 heteroatoms. The predicted octanol–water partition coefficient (Wildman–Crippen LogP) is 3.80. The number of fused-ring (bicyclic) bond motifs is 4. The number of benzene rings is 2. The first kappa shape index (κ1) is 17.8. The molecule has 1 fully saturated rings. The standard InChI is InChI=1S/C23H23N3O3/c1-23(2)20-16(15-9-5-6-10-17(15)24-20)12-18-21(27)25(22(28)26(18)23)13-14-8-4-7-11-19(14)29-3/h4-11,18,24H,12-13H2,1-3H3/t18-/m1/s1. The van der Waals surface area contributed by atoms with Crippen molar-refractivity contribution in [2.24, 2.45) is 0 Å². The molecule has 0 spiro atoms. The molecule has 5 rings (SSSR count). The zero-order chi connectivity index (χ0) is 20.3. The van der Waals surface area contributed by atoms with Gasteiger partial charge in [0.15, 0.2) is 0 Å². The molecule has 1 aromatic heterocycles. The number of H-pyrrole nitrogens is 1. The van der Waals surface area contributed by atoms with Crippen LogP contribution in [0.1, 0.15) is 30.7 Å². The summed E-state index contributed by atoms with van der Waals surface area (Å²) in [6.07, 6.45) is 0.524. The Morgan fingerprint density at radius 2 is 1.83 bits per heavy atom. The maximum atomic E-state index is 13.4. The summed E-state index contributed by atoms with van der Waals surface area (Å²) in [5.74, 6) is 0.526. The van der Waals surface area contributed by atoms with Gasteiger partial charge < -0.3 is 14.6 Å². The van der Waals surface area contributed by atoms with Gasteiger partial charge >= 0.3 is 6.03 Å². The van der Waals surface area contributed by atoms with Crippen LogP contribution in [0.15, 0.2) is 48.5 Å². The van der Waals surface area contributed by atoms with Crippen molar-refractivity contribution in [3.63, 3.8) is 0 Å². The highest BCUT2D eigenvalue weighted by molar-refractivity contribution is 6.05. The van der Waals surface area contributed by atoms with E-state index in [2.05, 4.69) is 11.1 Å². The van der Waals surface area contributed by atoms with Crippen LogP contribution in [0, 0.1) is 0 Å². The molecule has 0 bridgehead atoms. The molecule has 1 atom stereocenters. The van der Waals surface area contributed by atoms with E-state index < -0.39 is 11.6 Å². The van der Waals surface area contributed by atoms with Crippen molar-refractivity contribution < 1.29 is 14.3 Å². The zero-order valence-corrected chi connectivity index (χ0v) is 16.7. The number of imide groups is 1. The lowest BCUT2D eigenvalue weighted by atomic mass is 9.85. The van der Waals surface area contributed by atoms with E-state index in [0.29, 0.717) is 12.2 Å². The first-order valence-electron chi connectivity index (χ1n) is 9.80. The van der Waals surface area contributed by atoms with E-state index in [0.717, 1.165) is 27.7 Å². The van der Waals surface area contributed by atoms with E-state index in [4.69, 9.17) is 4.74 Å². The number of aromatic amines is 1. The summed E-state index contributed by atoms with van der Waals surface area (Å²) in [5.41, 5.74) is 3.39. The van der Waals surface area contributed by atoms with Gasteiger partial charge in [-0.25, -0.2) is 4.79 Å². The second-order valence-corrected chi connectivity index (χ2v) is 8.19. The van der Waals surface area contributed by atoms with Crippen LogP contribution >= 0.6 is 0 Å². The third kappa shape index (κ3) is 2.41. The molecule has 2 aliphatic rings. The number of hydrogen-bond donors (Lipinski definition) is 1. The Bertz CT molecular complexity index is 1150. The largest absolute Gasteiger partial charge is 0.496 e. The fourth-order valence-corrected chi connectivity index (χ4v) is 4.85. The highest BCUT2D eigenvalue weighted by Gasteiger charge is 2.55. The molecular weight excluding hydrogens is 366 g/mol. The van der Waals surface area contributed by atoms with Crippen molar-refractivity contribution in [3.8, 4) is 5.75 Å². The number of nitrogens with one attached hydrogen (secondary N) is 1. The lowest BCUT2D eigenvalue weighted by molar-refractivity contribution is -0.129. The Hall–Kier alpha value is -3.28. The fourth-order valence-electron chi connectivity index (χ4n) is 4.85. The van der Waals surface area contributed by atoms with Crippen LogP contribution in [0.3, 0.4) is 0 Å². The second kappa shape index (κ2) is 6.11. The van der Waals surface area contributed by atoms with Gasteiger partial charge in [0, 0.05) is 28.6 Å². The molecule has 0 radical (unpaired) electrons. The van der Waals surface area contributed by atoms with Crippen LogP contribution in [0.25, 0.3) is 10.9 Å². The van der Waals surface area contributed by atoms with Crippen molar-refractivity contribution in [3.05, 3.63) is 65.4 Å². The number of hydrogen-bond acceptors (Lipinski definition) is 3. The van der Waals surface area contributed by atoms with E-state index >= 15 is 0 Å². The van der Waals surface area contributed by atoms with Gasteiger partial charge in [-0.05, 0) is 31.5 Å². The molecule has 0 saturated carbocycles. The van der Waals surface area contributed by atoms with Crippen molar-refractivity contribution in [1.82, 2.24) is 14.8 Å². The lowest BCUT2D eigenvalue weighted by Crippen LogP contribution is -2.52. The normalized spacial score (nSPS) is 20.2. The van der Waals surface area contributed by atoms with Crippen LogP contribution in [0.4, 0.5) is 4.79 Å². The summed E-state index contributed by atoms with van der Waals surface area (Å²) in [7, 11) is 1.59. The Morgan fingerprint density at radius 3 is 2.62 bits per heavy atom. The second-order valence-electron chi connectivity index (χ2n) is 8.19. The van der Waals surface area contributed by atoms with Crippen LogP contribution < -0.4 is 4.74 Å². The highest BCUT2D eigenvalue weighted by atomic mass is 16.5. The molecule has 2 aliphatic heterocycles. The first-order chi connectivity index (χ1) is 13.9. The molecule has 29 heavy (non-hydrogen) atoms. The summed E-state index contributed by atoms with van der Waals surface area (Å²) in [4.78, 5) is 33.3. The lowest BCUT2D eigenvalue weighted by Gasteiger charge is -2.42. The predicted molar refractivity (Wildman–Crippen MR) is 110 cm³/mol. The number of para-hydroxylation sites is 2. The summed E-state index contributed by atoms with van der Waals surface area (Å²) >= 11 is 0. The number of carbonyl (C=O) groups is 2. The molecule has 1 saturated heterocycles. The number of urea groups is 1. The average Bonchev–Trinajstić information content (AvgIpc) is 3.21. The molecule has 1 N–H and O–H groups in total. The van der Waals surface area contributed by atoms with Gasteiger partial charge in [-0.15, -0.1) is 0 Å². The van der Waals surface area contributed by atoms with Gasteiger partial charge in [-0.3, -0.25) is 9.69 Å². The minimum atomic E-state index is -0.612. The number of carbonyl (C=O) groups excluding carboxylic acids is 2. The van der Waals surface area contributed by atoms with Gasteiger partial charge in [-0.2, -0.15) is 0 Å². The summed E-state index contributed by atoms with van der Waals surface area (Å²) in [6, 6.07) is 14.9. The van der Waals surface area contributed by atoms with Crippen LogP contribution in [-0.4, -0.2) is 39.9 Å². The zero-order valence-electron chi connectivity index (χ0n) is 16.7. The number of amides is 3. The van der Waals surface area contributed by atoms with Gasteiger partial charge in [0.2, 0.25) is 0 Å². The van der Waals surface area contributed by atoms with E-state index in [1.807, 2.05) is 56.3 Å². The summed E-state index contributed by atoms with van der Waals surface area (Å²) in [6.45, 7) is 4.22. The van der Waals surface area contributed by atoms with Crippen LogP contribution in [0.2, 0.25) is 0 Å². The highest BCUT2D eigenvalue weighted by Crippen LogP contribution is 2.44. The number of aromatic nitrogens is 1. The Kier molecular flexibility index (Phi) is 3.75. The number of rotatable bonds is 3. The Balaban J connectivity index is 1.56. The fraction of sp³-hybridized carbons (Fsp3) is 0.304. The smallest absolute Gasteiger partial charge is 0.328 e. The van der Waals surface area contributed by atoms with Gasteiger partial charge in [0.25, 0.3) is 5.91 Å². The third-order valence-corrected chi connectivity index (χ3v) is 6.25. The van der Waals surface area contributed by atoms with Crippen molar-refractivity contribution in [2.75, 3.05) is 7.11 Å². The third-order valence-electron chi connectivity index (χ3n) is 6.25. The van der Waals surface area contributed by atoms with E-state index in [1.54, 1.807) is 12.0 Å². The molecule has 6 nitrogen and oxygen atoms in total. The molecule has 3 aromatic rings. The maximum absolute atomic E-state index is 13.4. The van der Waals surface area contributed by atoms with E-state index in [9.17, 15) is 9.59 Å². The van der Waals surface area contributed by atoms with Crippen molar-refractivity contribution in [2.45, 2.75) is 38.4 Å². The minimum absolute atomic E-state index is 0.148. The molecule has 0 unspecified atom stereocenters. The van der Waals surface area contributed by atoms with Gasteiger partial charge in [-0.1, -0.05) is 36.4 Å². The first-order valence-corrected chi connectivity index (χ1v) is 9.80. The average molecular weight is 389 g/mol. The number of nitrogens with zero attached hydrogens (tertiary/aromatic N) is 2. The van der Waals surface area contributed by atoms with Gasteiger partial charge in [0.1, 0.15) is 11.8 Å². The minimum Gasteiger partial charge on any atom is -0.496 e. The van der Waals surface area contributed by atoms with Crippen molar-refractivity contribution in [1.29, 1.82) is 0 Å². The monoisotopic (exact) mass is 389 g/mol. The summed E-state index contributed by atoms with van der Waals surface area (Å²) in [5, 5.41) is 1.12. The Labute approximate surface area is 169 Å². The molecular formula is C23H23N3O3. The van der Waals surface area contributed by atoms with Crippen LogP contribution in [-0.2, 0) is 23.3 Å². The molecule has 0 aliphatic carbocycles. The van der Waals surface area contributed by atoms with E-state index in [1.165, 1.54) is 4.90 Å². The number of methoxy groups -OCH3 is 1. The van der Waals surface area contributed by atoms with E-state index in [-0.39, 0.29) is 18.5 Å². The number of ether oxygens (including phenoxy) is 1. The Morgan fingerprint density at radius 1 is 1.10 bits per heavy atom. The quantitative estimate of drug-likeness (QED) is 0.693. The maximum Gasteiger partial charge on any atom is 0.328 e. The molecule has 2 aromatic carbocycles. The topological polar surface area (TPSA) is 65.6 Å². The van der Waals surface area contributed by atoms with Crippen molar-refractivity contribution >= 4 is 22.8 Å². The SMILES string of the molecule is COc1ccccc1CN1C(=O)[C@H]2Cc3c([nH]c4ccccc34)C(C)(C)N2C1=O.